The van der Waals surface area contributed by atoms with Crippen LogP contribution in [0.25, 0.3) is 0 Å². The number of hydrogen-bond acceptors (Lipinski definition) is 3. The smallest absolute Gasteiger partial charge is 0.294 e. The number of benzene rings is 1. The van der Waals surface area contributed by atoms with Crippen LogP contribution in [0.1, 0.15) is 12.0 Å². The second-order valence-electron chi connectivity index (χ2n) is 4.15. The zero-order chi connectivity index (χ0) is 13.4. The lowest BCUT2D eigenvalue weighted by Gasteiger charge is -2.18. The Morgan fingerprint density at radius 3 is 2.72 bits per heavy atom. The first-order valence-corrected chi connectivity index (χ1v) is 6.52. The average Bonchev–Trinajstić information content (AvgIpc) is 2.56. The van der Waals surface area contributed by atoms with E-state index in [1.54, 1.807) is 13.0 Å². The summed E-state index contributed by atoms with van der Waals surface area (Å²) in [6, 6.07) is 3.15. The standard InChI is InChI=1S/C11H10BrClN2O3/c1-6-2-7(12)3-9(15(17)18)11(6)14-5-8(13)4-10(14)16/h2-3,8H,4-5H2,1H3. The highest BCUT2D eigenvalue weighted by Crippen LogP contribution is 2.37. The van der Waals surface area contributed by atoms with Gasteiger partial charge in [-0.05, 0) is 18.6 Å². The summed E-state index contributed by atoms with van der Waals surface area (Å²) >= 11 is 9.14. The van der Waals surface area contributed by atoms with E-state index in [0.717, 1.165) is 0 Å². The van der Waals surface area contributed by atoms with E-state index < -0.39 is 4.92 Å². The number of alkyl halides is 1. The predicted octanol–water partition coefficient (Wildman–Crippen LogP) is 3.01. The molecular formula is C11H10BrClN2O3. The van der Waals surface area contributed by atoms with Crippen molar-refractivity contribution in [3.8, 4) is 0 Å². The van der Waals surface area contributed by atoms with Crippen molar-refractivity contribution in [3.63, 3.8) is 0 Å². The minimum Gasteiger partial charge on any atom is -0.305 e. The molecule has 1 amide bonds. The molecule has 5 nitrogen and oxygen atoms in total. The number of carbonyl (C=O) groups is 1. The van der Waals surface area contributed by atoms with Crippen LogP contribution >= 0.6 is 27.5 Å². The Balaban J connectivity index is 2.56. The normalized spacial score (nSPS) is 19.4. The first-order valence-electron chi connectivity index (χ1n) is 5.29. The number of hydrogen-bond donors (Lipinski definition) is 0. The van der Waals surface area contributed by atoms with Crippen molar-refractivity contribution in [1.82, 2.24) is 0 Å². The maximum atomic E-state index is 11.8. The lowest BCUT2D eigenvalue weighted by Crippen LogP contribution is -2.26. The summed E-state index contributed by atoms with van der Waals surface area (Å²) in [5.41, 5.74) is 0.938. The summed E-state index contributed by atoms with van der Waals surface area (Å²) in [5.74, 6) is -0.177. The van der Waals surface area contributed by atoms with Crippen molar-refractivity contribution in [2.75, 3.05) is 11.4 Å². The molecular weight excluding hydrogens is 323 g/mol. The van der Waals surface area contributed by atoms with E-state index in [1.807, 2.05) is 0 Å². The zero-order valence-corrected chi connectivity index (χ0v) is 11.9. The van der Waals surface area contributed by atoms with E-state index in [4.69, 9.17) is 11.6 Å². The van der Waals surface area contributed by atoms with Crippen LogP contribution < -0.4 is 4.90 Å². The minimum atomic E-state index is -0.484. The Morgan fingerprint density at radius 1 is 1.56 bits per heavy atom. The van der Waals surface area contributed by atoms with Crippen molar-refractivity contribution >= 4 is 44.8 Å². The van der Waals surface area contributed by atoms with E-state index in [0.29, 0.717) is 22.3 Å². The van der Waals surface area contributed by atoms with Crippen molar-refractivity contribution < 1.29 is 9.72 Å². The van der Waals surface area contributed by atoms with Crippen LogP contribution in [0.15, 0.2) is 16.6 Å². The fraction of sp³-hybridized carbons (Fsp3) is 0.364. The summed E-state index contributed by atoms with van der Waals surface area (Å²) in [7, 11) is 0. The second kappa shape index (κ2) is 4.85. The molecule has 0 aliphatic carbocycles. The summed E-state index contributed by atoms with van der Waals surface area (Å²) in [6.07, 6.45) is 0.216. The molecule has 0 bridgehead atoms. The van der Waals surface area contributed by atoms with Crippen LogP contribution in [-0.4, -0.2) is 22.8 Å². The first kappa shape index (κ1) is 13.3. The number of nitro groups is 1. The van der Waals surface area contributed by atoms with E-state index in [-0.39, 0.29) is 23.4 Å². The maximum Gasteiger partial charge on any atom is 0.294 e. The quantitative estimate of drug-likeness (QED) is 0.475. The highest BCUT2D eigenvalue weighted by Gasteiger charge is 2.34. The highest BCUT2D eigenvalue weighted by molar-refractivity contribution is 9.10. The van der Waals surface area contributed by atoms with E-state index in [9.17, 15) is 14.9 Å². The Hall–Kier alpha value is -1.14. The molecule has 1 atom stereocenters. The SMILES string of the molecule is Cc1cc(Br)cc([N+](=O)[O-])c1N1CC(Cl)CC1=O. The van der Waals surface area contributed by atoms with Gasteiger partial charge in [0.05, 0.1) is 10.3 Å². The van der Waals surface area contributed by atoms with Crippen molar-refractivity contribution in [3.05, 3.63) is 32.3 Å². The molecule has 1 saturated heterocycles. The van der Waals surface area contributed by atoms with E-state index in [1.165, 1.54) is 11.0 Å². The molecule has 0 spiro atoms. The topological polar surface area (TPSA) is 63.5 Å². The zero-order valence-electron chi connectivity index (χ0n) is 9.52. The number of aryl methyl sites for hydroxylation is 1. The second-order valence-corrected chi connectivity index (χ2v) is 5.69. The molecule has 1 aromatic rings. The number of rotatable bonds is 2. The third-order valence-electron chi connectivity index (χ3n) is 2.79. The Morgan fingerprint density at radius 2 is 2.22 bits per heavy atom. The van der Waals surface area contributed by atoms with Gasteiger partial charge < -0.3 is 4.90 Å². The summed E-state index contributed by atoms with van der Waals surface area (Å²) in [5, 5.41) is 10.8. The Labute approximate surface area is 117 Å². The maximum absolute atomic E-state index is 11.8. The molecule has 0 radical (unpaired) electrons. The summed E-state index contributed by atoms with van der Waals surface area (Å²) in [6.45, 7) is 2.05. The molecule has 2 rings (SSSR count). The van der Waals surface area contributed by atoms with Gasteiger partial charge in [0, 0.05) is 23.5 Å². The number of carbonyl (C=O) groups excluding carboxylic acids is 1. The number of nitro benzene ring substituents is 1. The third kappa shape index (κ3) is 2.35. The third-order valence-corrected chi connectivity index (χ3v) is 3.54. The number of halogens is 2. The molecule has 18 heavy (non-hydrogen) atoms. The molecule has 1 aliphatic rings. The van der Waals surface area contributed by atoms with Gasteiger partial charge in [-0.25, -0.2) is 0 Å². The first-order chi connectivity index (χ1) is 8.40. The van der Waals surface area contributed by atoms with Crippen LogP contribution in [0.4, 0.5) is 11.4 Å². The van der Waals surface area contributed by atoms with Gasteiger partial charge in [0.25, 0.3) is 5.69 Å². The largest absolute Gasteiger partial charge is 0.305 e. The van der Waals surface area contributed by atoms with Crippen molar-refractivity contribution in [2.24, 2.45) is 0 Å². The van der Waals surface area contributed by atoms with E-state index >= 15 is 0 Å². The van der Waals surface area contributed by atoms with Gasteiger partial charge in [-0.2, -0.15) is 0 Å². The monoisotopic (exact) mass is 332 g/mol. The van der Waals surface area contributed by atoms with Crippen LogP contribution in [0.2, 0.25) is 0 Å². The van der Waals surface area contributed by atoms with Crippen LogP contribution in [0.3, 0.4) is 0 Å². The van der Waals surface area contributed by atoms with Gasteiger partial charge in [0.2, 0.25) is 5.91 Å². The van der Waals surface area contributed by atoms with Gasteiger partial charge in [-0.15, -0.1) is 11.6 Å². The molecule has 1 aliphatic heterocycles. The summed E-state index contributed by atoms with van der Waals surface area (Å²) < 4.78 is 0.615. The summed E-state index contributed by atoms with van der Waals surface area (Å²) in [4.78, 5) is 23.8. The fourth-order valence-corrected chi connectivity index (χ4v) is 2.92. The lowest BCUT2D eigenvalue weighted by molar-refractivity contribution is -0.384. The van der Waals surface area contributed by atoms with Crippen LogP contribution in [0, 0.1) is 17.0 Å². The molecule has 0 aromatic heterocycles. The van der Waals surface area contributed by atoms with Gasteiger partial charge in [0.15, 0.2) is 0 Å². The lowest BCUT2D eigenvalue weighted by atomic mass is 10.1. The van der Waals surface area contributed by atoms with Crippen LogP contribution in [-0.2, 0) is 4.79 Å². The number of anilines is 1. The predicted molar refractivity (Wildman–Crippen MR) is 72.1 cm³/mol. The number of nitrogens with zero attached hydrogens (tertiary/aromatic N) is 2. The average molecular weight is 334 g/mol. The minimum absolute atomic E-state index is 0.0824. The van der Waals surface area contributed by atoms with Gasteiger partial charge >= 0.3 is 0 Å². The molecule has 7 heteroatoms. The molecule has 1 unspecified atom stereocenters. The van der Waals surface area contributed by atoms with Gasteiger partial charge in [-0.1, -0.05) is 15.9 Å². The molecule has 1 fully saturated rings. The molecule has 0 saturated carbocycles. The number of amides is 1. The Kier molecular flexibility index (Phi) is 3.59. The van der Waals surface area contributed by atoms with Crippen molar-refractivity contribution in [2.45, 2.75) is 18.7 Å². The fourth-order valence-electron chi connectivity index (χ4n) is 2.09. The molecule has 1 aromatic carbocycles. The van der Waals surface area contributed by atoms with Gasteiger partial charge in [0.1, 0.15) is 5.69 Å². The van der Waals surface area contributed by atoms with Crippen molar-refractivity contribution in [1.29, 1.82) is 0 Å². The van der Waals surface area contributed by atoms with Gasteiger partial charge in [-0.3, -0.25) is 14.9 Å². The highest BCUT2D eigenvalue weighted by atomic mass is 79.9. The molecule has 96 valence electrons. The molecule has 0 N–H and O–H groups in total. The molecule has 1 heterocycles. The van der Waals surface area contributed by atoms with E-state index in [2.05, 4.69) is 15.9 Å². The van der Waals surface area contributed by atoms with Crippen LogP contribution in [0.5, 0.6) is 0 Å². The Bertz CT molecular complexity index is 535.